The molecule has 0 aliphatic carbocycles. The molecule has 0 spiro atoms. The third-order valence-electron chi connectivity index (χ3n) is 4.24. The number of hydrogen-bond acceptors (Lipinski definition) is 5. The third kappa shape index (κ3) is 4.49. The smallest absolute Gasteiger partial charge is 0.257 e. The molecule has 2 aromatic rings. The van der Waals surface area contributed by atoms with E-state index in [0.29, 0.717) is 0 Å². The Labute approximate surface area is 162 Å². The number of carbonyl (C=O) groups excluding carboxylic acids is 2. The predicted molar refractivity (Wildman–Crippen MR) is 104 cm³/mol. The number of benzene rings is 2. The summed E-state index contributed by atoms with van der Waals surface area (Å²) in [5.74, 6) is -1.33. The molecule has 2 amide bonds. The monoisotopic (exact) mass is 405 g/mol. The highest BCUT2D eigenvalue weighted by molar-refractivity contribution is 7.98. The van der Waals surface area contributed by atoms with Crippen molar-refractivity contribution in [3.05, 3.63) is 54.6 Å². The zero-order chi connectivity index (χ0) is 19.4. The van der Waals surface area contributed by atoms with Gasteiger partial charge in [0.15, 0.2) is 0 Å². The van der Waals surface area contributed by atoms with Gasteiger partial charge in [0, 0.05) is 23.5 Å². The van der Waals surface area contributed by atoms with Crippen molar-refractivity contribution in [3.63, 3.8) is 0 Å². The van der Waals surface area contributed by atoms with Gasteiger partial charge in [0.2, 0.25) is 11.8 Å². The van der Waals surface area contributed by atoms with Gasteiger partial charge in [0.05, 0.1) is 10.8 Å². The molecule has 1 heterocycles. The fourth-order valence-electron chi connectivity index (χ4n) is 2.77. The number of hydrogen-bond donors (Lipinski definition) is 2. The van der Waals surface area contributed by atoms with Crippen molar-refractivity contribution in [1.82, 2.24) is 10.3 Å². The molecule has 9 heteroatoms. The van der Waals surface area contributed by atoms with Crippen LogP contribution in [-0.2, 0) is 19.6 Å². The molecule has 0 unspecified atom stereocenters. The summed E-state index contributed by atoms with van der Waals surface area (Å²) in [5.41, 5.74) is 2.94. The number of carbonyl (C=O) groups is 2. The lowest BCUT2D eigenvalue weighted by Gasteiger charge is -2.17. The fraction of sp³-hybridized carbons (Fsp3) is 0.222. The Morgan fingerprint density at radius 2 is 1.78 bits per heavy atom. The lowest BCUT2D eigenvalue weighted by molar-refractivity contribution is -0.126. The molecule has 1 aliphatic rings. The average molecular weight is 406 g/mol. The van der Waals surface area contributed by atoms with Gasteiger partial charge in [-0.15, -0.1) is 16.6 Å². The van der Waals surface area contributed by atoms with E-state index in [1.54, 1.807) is 34.9 Å². The Morgan fingerprint density at radius 3 is 2.41 bits per heavy atom. The minimum absolute atomic E-state index is 0.0309. The van der Waals surface area contributed by atoms with Crippen LogP contribution < -0.4 is 15.2 Å². The first-order valence-electron chi connectivity index (χ1n) is 8.22. The zero-order valence-electron chi connectivity index (χ0n) is 14.6. The van der Waals surface area contributed by atoms with Crippen molar-refractivity contribution in [1.29, 1.82) is 0 Å². The summed E-state index contributed by atoms with van der Waals surface area (Å²) in [6.07, 6.45) is 2.00. The minimum atomic E-state index is -3.85. The Hall–Kier alpha value is -2.36. The lowest BCUT2D eigenvalue weighted by Crippen LogP contribution is -2.45. The van der Waals surface area contributed by atoms with E-state index in [1.165, 1.54) is 12.1 Å². The molecule has 2 aromatic carbocycles. The van der Waals surface area contributed by atoms with Crippen molar-refractivity contribution >= 4 is 39.3 Å². The SMILES string of the molecule is CSc1ccc(N2C[C@@H](C(=O)NNS(=O)(=O)c3ccccc3)CC2=O)cc1. The van der Waals surface area contributed by atoms with E-state index in [-0.39, 0.29) is 23.8 Å². The molecule has 1 aliphatic heterocycles. The summed E-state index contributed by atoms with van der Waals surface area (Å²) in [5, 5.41) is 0. The zero-order valence-corrected chi connectivity index (χ0v) is 16.2. The standard InChI is InChI=1S/C18H19N3O4S2/c1-26-15-9-7-14(8-10-15)21-12-13(11-17(21)22)18(23)19-20-27(24,25)16-5-3-2-4-6-16/h2-10,13,20H,11-12H2,1H3,(H,19,23)/t13-/m0/s1. The van der Waals surface area contributed by atoms with Gasteiger partial charge in [-0.1, -0.05) is 18.2 Å². The predicted octanol–water partition coefficient (Wildman–Crippen LogP) is 1.77. The molecule has 2 N–H and O–H groups in total. The maximum atomic E-state index is 12.3. The highest BCUT2D eigenvalue weighted by Gasteiger charge is 2.35. The maximum Gasteiger partial charge on any atom is 0.257 e. The molecule has 142 valence electrons. The van der Waals surface area contributed by atoms with Crippen molar-refractivity contribution in [2.24, 2.45) is 5.92 Å². The van der Waals surface area contributed by atoms with E-state index >= 15 is 0 Å². The number of sulfonamides is 1. The maximum absolute atomic E-state index is 12.3. The number of amides is 2. The van der Waals surface area contributed by atoms with E-state index in [1.807, 2.05) is 30.5 Å². The van der Waals surface area contributed by atoms with Gasteiger partial charge in [-0.05, 0) is 42.7 Å². The van der Waals surface area contributed by atoms with Crippen LogP contribution in [0.3, 0.4) is 0 Å². The Morgan fingerprint density at radius 1 is 1.11 bits per heavy atom. The van der Waals surface area contributed by atoms with Crippen LogP contribution in [0.25, 0.3) is 0 Å². The fourth-order valence-corrected chi connectivity index (χ4v) is 4.05. The van der Waals surface area contributed by atoms with Crippen LogP contribution in [0.5, 0.6) is 0 Å². The number of rotatable bonds is 6. The summed E-state index contributed by atoms with van der Waals surface area (Å²) in [6.45, 7) is 0.205. The second-order valence-electron chi connectivity index (χ2n) is 6.01. The molecule has 1 atom stereocenters. The first kappa shape index (κ1) is 19.4. The summed E-state index contributed by atoms with van der Waals surface area (Å²) in [4.78, 5) is 29.3. The molecule has 0 saturated carbocycles. The normalized spacial score (nSPS) is 17.1. The van der Waals surface area contributed by atoms with Gasteiger partial charge in [-0.2, -0.15) is 0 Å². The summed E-state index contributed by atoms with van der Waals surface area (Å²) in [6, 6.07) is 15.2. The van der Waals surface area contributed by atoms with Crippen LogP contribution in [0.1, 0.15) is 6.42 Å². The van der Waals surface area contributed by atoms with Crippen molar-refractivity contribution in [3.8, 4) is 0 Å². The number of thioether (sulfide) groups is 1. The van der Waals surface area contributed by atoms with E-state index in [2.05, 4.69) is 10.3 Å². The molecule has 27 heavy (non-hydrogen) atoms. The Bertz CT molecular complexity index is 931. The second kappa shape index (κ2) is 8.12. The van der Waals surface area contributed by atoms with Crippen molar-refractivity contribution < 1.29 is 18.0 Å². The summed E-state index contributed by atoms with van der Waals surface area (Å²) < 4.78 is 24.3. The minimum Gasteiger partial charge on any atom is -0.312 e. The topological polar surface area (TPSA) is 95.6 Å². The highest BCUT2D eigenvalue weighted by atomic mass is 32.2. The summed E-state index contributed by atoms with van der Waals surface area (Å²) >= 11 is 1.60. The van der Waals surface area contributed by atoms with Crippen LogP contribution in [0.15, 0.2) is 64.4 Å². The van der Waals surface area contributed by atoms with Gasteiger partial charge in [0.25, 0.3) is 10.0 Å². The number of hydrazine groups is 1. The second-order valence-corrected chi connectivity index (χ2v) is 8.57. The Balaban J connectivity index is 1.62. The number of nitrogens with one attached hydrogen (secondary N) is 2. The largest absolute Gasteiger partial charge is 0.312 e. The van der Waals surface area contributed by atoms with E-state index in [0.717, 1.165) is 10.6 Å². The first-order chi connectivity index (χ1) is 12.9. The van der Waals surface area contributed by atoms with Crippen LogP contribution in [0.2, 0.25) is 0 Å². The molecule has 1 saturated heterocycles. The van der Waals surface area contributed by atoms with Crippen molar-refractivity contribution in [2.75, 3.05) is 17.7 Å². The van der Waals surface area contributed by atoms with E-state index < -0.39 is 21.8 Å². The summed E-state index contributed by atoms with van der Waals surface area (Å²) in [7, 11) is -3.85. The van der Waals surface area contributed by atoms with Crippen molar-refractivity contribution in [2.45, 2.75) is 16.2 Å². The van der Waals surface area contributed by atoms with Crippen LogP contribution >= 0.6 is 11.8 Å². The van der Waals surface area contributed by atoms with E-state index in [9.17, 15) is 18.0 Å². The molecule has 3 rings (SSSR count). The number of anilines is 1. The average Bonchev–Trinajstić information content (AvgIpc) is 3.08. The molecule has 0 radical (unpaired) electrons. The molecule has 7 nitrogen and oxygen atoms in total. The van der Waals surface area contributed by atoms with Crippen LogP contribution in [-0.4, -0.2) is 33.0 Å². The quantitative estimate of drug-likeness (QED) is 0.564. The van der Waals surface area contributed by atoms with E-state index in [4.69, 9.17) is 0 Å². The number of nitrogens with zero attached hydrogens (tertiary/aromatic N) is 1. The lowest BCUT2D eigenvalue weighted by atomic mass is 10.1. The van der Waals surface area contributed by atoms with Gasteiger partial charge in [0.1, 0.15) is 0 Å². The van der Waals surface area contributed by atoms with Gasteiger partial charge >= 0.3 is 0 Å². The van der Waals surface area contributed by atoms with Gasteiger partial charge < -0.3 is 4.90 Å². The van der Waals surface area contributed by atoms with Crippen LogP contribution in [0.4, 0.5) is 5.69 Å². The third-order valence-corrected chi connectivity index (χ3v) is 6.25. The van der Waals surface area contributed by atoms with Crippen LogP contribution in [0, 0.1) is 5.92 Å². The first-order valence-corrected chi connectivity index (χ1v) is 10.9. The van der Waals surface area contributed by atoms with Gasteiger partial charge in [-0.25, -0.2) is 8.42 Å². The molecule has 0 bridgehead atoms. The Kier molecular flexibility index (Phi) is 5.83. The molecular weight excluding hydrogens is 386 g/mol. The molecular formula is C18H19N3O4S2. The highest BCUT2D eigenvalue weighted by Crippen LogP contribution is 2.27. The van der Waals surface area contributed by atoms with Gasteiger partial charge in [-0.3, -0.25) is 15.0 Å². The molecule has 0 aromatic heterocycles. The molecule has 1 fully saturated rings.